The van der Waals surface area contributed by atoms with Crippen LogP contribution in [0.5, 0.6) is 5.75 Å². The fraction of sp³-hybridized carbons (Fsp3) is 0.571. The molecule has 1 atom stereocenters. The molecule has 0 radical (unpaired) electrons. The zero-order valence-electron chi connectivity index (χ0n) is 12.0. The molecule has 1 rings (SSSR count). The lowest BCUT2D eigenvalue weighted by atomic mass is 10.1. The Balaban J connectivity index is 2.64. The van der Waals surface area contributed by atoms with Crippen LogP contribution in [0, 0.1) is 0 Å². The molecule has 0 fully saturated rings. The number of benzene rings is 1. The molecule has 0 aromatic heterocycles. The predicted molar refractivity (Wildman–Crippen MR) is 78.4 cm³/mol. The van der Waals surface area contributed by atoms with E-state index in [1.165, 1.54) is 0 Å². The first-order valence-electron chi connectivity index (χ1n) is 6.63. The third kappa shape index (κ3) is 7.15. The van der Waals surface area contributed by atoms with Crippen molar-refractivity contribution < 1.29 is 22.6 Å². The van der Waals surface area contributed by atoms with Gasteiger partial charge in [-0.2, -0.15) is 13.2 Å². The Kier molecular flexibility index (Phi) is 7.48. The first-order valence-corrected chi connectivity index (χ1v) is 7.43. The molecule has 3 nitrogen and oxygen atoms in total. The summed E-state index contributed by atoms with van der Waals surface area (Å²) in [7, 11) is 0. The van der Waals surface area contributed by atoms with E-state index in [2.05, 4.69) is 32.9 Å². The zero-order chi connectivity index (χ0) is 15.9. The highest BCUT2D eigenvalue weighted by atomic mass is 79.9. The Morgan fingerprint density at radius 2 is 2.05 bits per heavy atom. The highest BCUT2D eigenvalue weighted by molar-refractivity contribution is 9.10. The van der Waals surface area contributed by atoms with Gasteiger partial charge in [0.15, 0.2) is 6.79 Å². The van der Waals surface area contributed by atoms with Crippen LogP contribution in [0.2, 0.25) is 0 Å². The molecule has 0 saturated heterocycles. The number of hydrogen-bond acceptors (Lipinski definition) is 3. The van der Waals surface area contributed by atoms with E-state index in [1.807, 2.05) is 19.1 Å². The molecular formula is C14H19BrF3NO2. The van der Waals surface area contributed by atoms with E-state index in [0.29, 0.717) is 5.75 Å². The molecule has 0 aliphatic carbocycles. The quantitative estimate of drug-likeness (QED) is 0.543. The number of halogens is 4. The van der Waals surface area contributed by atoms with Crippen LogP contribution in [0.25, 0.3) is 0 Å². The number of alkyl halides is 3. The first kappa shape index (κ1) is 18.3. The van der Waals surface area contributed by atoms with E-state index in [9.17, 15) is 13.2 Å². The third-order valence-corrected chi connectivity index (χ3v) is 3.20. The largest absolute Gasteiger partial charge is 0.467 e. The normalized spacial score (nSPS) is 13.2. The minimum Gasteiger partial charge on any atom is -0.467 e. The van der Waals surface area contributed by atoms with E-state index in [4.69, 9.17) is 4.74 Å². The van der Waals surface area contributed by atoms with Crippen LogP contribution in [0.4, 0.5) is 13.2 Å². The van der Waals surface area contributed by atoms with Crippen LogP contribution in [0.1, 0.15) is 31.9 Å². The van der Waals surface area contributed by atoms with Crippen molar-refractivity contribution in [3.8, 4) is 5.75 Å². The highest BCUT2D eigenvalue weighted by Crippen LogP contribution is 2.29. The second kappa shape index (κ2) is 8.60. The number of ether oxygens (including phenoxy) is 2. The average Bonchev–Trinajstić information content (AvgIpc) is 2.40. The highest BCUT2D eigenvalue weighted by Gasteiger charge is 2.27. The predicted octanol–water partition coefficient (Wildman–Crippen LogP) is 4.42. The minimum absolute atomic E-state index is 0.0377. The fourth-order valence-corrected chi connectivity index (χ4v) is 2.06. The van der Waals surface area contributed by atoms with Crippen molar-refractivity contribution in [2.45, 2.75) is 32.5 Å². The van der Waals surface area contributed by atoms with Gasteiger partial charge in [0.05, 0.1) is 0 Å². The van der Waals surface area contributed by atoms with Crippen LogP contribution in [0.15, 0.2) is 22.7 Å². The lowest BCUT2D eigenvalue weighted by molar-refractivity contribution is -0.186. The molecule has 21 heavy (non-hydrogen) atoms. The molecule has 1 aromatic rings. The Bertz CT molecular complexity index is 441. The molecule has 1 unspecified atom stereocenters. The van der Waals surface area contributed by atoms with Gasteiger partial charge < -0.3 is 14.8 Å². The van der Waals surface area contributed by atoms with Crippen molar-refractivity contribution in [1.82, 2.24) is 5.32 Å². The summed E-state index contributed by atoms with van der Waals surface area (Å²) in [6.07, 6.45) is -3.36. The Hall–Kier alpha value is -0.790. The topological polar surface area (TPSA) is 30.5 Å². The van der Waals surface area contributed by atoms with Crippen molar-refractivity contribution in [3.63, 3.8) is 0 Å². The van der Waals surface area contributed by atoms with Gasteiger partial charge in [0.1, 0.15) is 12.4 Å². The summed E-state index contributed by atoms with van der Waals surface area (Å²) in [6.45, 7) is 3.12. The van der Waals surface area contributed by atoms with Gasteiger partial charge >= 0.3 is 6.18 Å². The third-order valence-electron chi connectivity index (χ3n) is 2.71. The van der Waals surface area contributed by atoms with Gasteiger partial charge in [-0.1, -0.05) is 28.9 Å². The Labute approximate surface area is 130 Å². The van der Waals surface area contributed by atoms with Crippen LogP contribution in [0.3, 0.4) is 0 Å². The van der Waals surface area contributed by atoms with Gasteiger partial charge in [0, 0.05) is 16.1 Å². The molecule has 0 heterocycles. The van der Waals surface area contributed by atoms with Crippen molar-refractivity contribution in [2.75, 3.05) is 19.9 Å². The number of hydrogen-bond donors (Lipinski definition) is 1. The van der Waals surface area contributed by atoms with Crippen LogP contribution in [-0.2, 0) is 4.74 Å². The fourth-order valence-electron chi connectivity index (χ4n) is 1.72. The molecular weight excluding hydrogens is 351 g/mol. The molecule has 0 saturated carbocycles. The van der Waals surface area contributed by atoms with Crippen LogP contribution in [-0.4, -0.2) is 26.1 Å². The van der Waals surface area contributed by atoms with Crippen molar-refractivity contribution in [3.05, 3.63) is 28.2 Å². The van der Waals surface area contributed by atoms with Crippen LogP contribution < -0.4 is 10.1 Å². The lowest BCUT2D eigenvalue weighted by Crippen LogP contribution is -2.21. The molecule has 1 aromatic carbocycles. The second-order valence-electron chi connectivity index (χ2n) is 4.58. The van der Waals surface area contributed by atoms with Crippen molar-refractivity contribution in [2.24, 2.45) is 0 Å². The maximum absolute atomic E-state index is 12.0. The monoisotopic (exact) mass is 369 g/mol. The van der Waals surface area contributed by atoms with Gasteiger partial charge in [-0.25, -0.2) is 0 Å². The SMILES string of the molecule is CCCNC(C)c1ccc(Br)cc1OCOCC(F)(F)F. The van der Waals surface area contributed by atoms with E-state index < -0.39 is 19.6 Å². The molecule has 0 bridgehead atoms. The summed E-state index contributed by atoms with van der Waals surface area (Å²) in [4.78, 5) is 0. The maximum atomic E-state index is 12.0. The summed E-state index contributed by atoms with van der Waals surface area (Å²) in [6, 6.07) is 5.49. The average molecular weight is 370 g/mol. The van der Waals surface area contributed by atoms with Crippen molar-refractivity contribution >= 4 is 15.9 Å². The van der Waals surface area contributed by atoms with Gasteiger partial charge in [-0.15, -0.1) is 0 Å². The lowest BCUT2D eigenvalue weighted by Gasteiger charge is -2.18. The van der Waals surface area contributed by atoms with E-state index >= 15 is 0 Å². The van der Waals surface area contributed by atoms with Crippen LogP contribution >= 0.6 is 15.9 Å². The minimum atomic E-state index is -4.35. The number of rotatable bonds is 8. The summed E-state index contributed by atoms with van der Waals surface area (Å²) >= 11 is 3.32. The van der Waals surface area contributed by atoms with E-state index in [-0.39, 0.29) is 6.04 Å². The summed E-state index contributed by atoms with van der Waals surface area (Å²) in [5.41, 5.74) is 0.877. The summed E-state index contributed by atoms with van der Waals surface area (Å²) in [5, 5.41) is 3.31. The van der Waals surface area contributed by atoms with Gasteiger partial charge in [-0.3, -0.25) is 0 Å². The summed E-state index contributed by atoms with van der Waals surface area (Å²) < 4.78 is 46.6. The van der Waals surface area contributed by atoms with Crippen molar-refractivity contribution in [1.29, 1.82) is 0 Å². The second-order valence-corrected chi connectivity index (χ2v) is 5.50. The molecule has 0 amide bonds. The summed E-state index contributed by atoms with van der Waals surface area (Å²) in [5.74, 6) is 0.502. The molecule has 0 aliphatic rings. The van der Waals surface area contributed by atoms with Gasteiger partial charge in [-0.05, 0) is 32.0 Å². The number of nitrogens with one attached hydrogen (secondary N) is 1. The maximum Gasteiger partial charge on any atom is 0.411 e. The van der Waals surface area contributed by atoms with E-state index in [1.54, 1.807) is 6.07 Å². The van der Waals surface area contributed by atoms with Gasteiger partial charge in [0.25, 0.3) is 0 Å². The van der Waals surface area contributed by atoms with Gasteiger partial charge in [0.2, 0.25) is 0 Å². The Morgan fingerprint density at radius 3 is 2.67 bits per heavy atom. The Morgan fingerprint density at radius 1 is 1.33 bits per heavy atom. The smallest absolute Gasteiger partial charge is 0.411 e. The zero-order valence-corrected chi connectivity index (χ0v) is 13.6. The molecule has 7 heteroatoms. The standard InChI is InChI=1S/C14H19BrF3NO2/c1-3-6-19-10(2)12-5-4-11(15)7-13(12)21-9-20-8-14(16,17)18/h4-5,7,10,19H,3,6,8-9H2,1-2H3. The molecule has 0 aliphatic heterocycles. The molecule has 0 spiro atoms. The van der Waals surface area contributed by atoms with E-state index in [0.717, 1.165) is 23.0 Å². The molecule has 120 valence electrons. The first-order chi connectivity index (χ1) is 9.83. The molecule has 1 N–H and O–H groups in total.